The molecule has 102 valence electrons. The van der Waals surface area contributed by atoms with Crippen molar-refractivity contribution in [3.05, 3.63) is 52.8 Å². The van der Waals surface area contributed by atoms with Gasteiger partial charge in [-0.1, -0.05) is 17.7 Å². The Kier molecular flexibility index (Phi) is 4.00. The largest absolute Gasteiger partial charge is 0.476 e. The molecule has 0 fully saturated rings. The van der Waals surface area contributed by atoms with Gasteiger partial charge in [0.25, 0.3) is 0 Å². The molecule has 1 heterocycles. The van der Waals surface area contributed by atoms with Crippen LogP contribution in [0.25, 0.3) is 11.1 Å². The Balaban J connectivity index is 2.63. The van der Waals surface area contributed by atoms with Gasteiger partial charge in [0.05, 0.1) is 12.7 Å². The second-order valence-corrected chi connectivity index (χ2v) is 4.30. The molecule has 5 nitrogen and oxygen atoms in total. The fourth-order valence-corrected chi connectivity index (χ4v) is 1.99. The van der Waals surface area contributed by atoms with Crippen LogP contribution in [0.4, 0.5) is 0 Å². The number of nitrogens with zero attached hydrogens (tertiary/aromatic N) is 1. The first-order chi connectivity index (χ1) is 9.54. The topological polar surface area (TPSA) is 76.5 Å². The summed E-state index contributed by atoms with van der Waals surface area (Å²) >= 11 is 6.08. The van der Waals surface area contributed by atoms with Crippen LogP contribution in [0.5, 0.6) is 0 Å². The van der Waals surface area contributed by atoms with E-state index in [4.69, 9.17) is 16.7 Å². The summed E-state index contributed by atoms with van der Waals surface area (Å²) in [6.45, 7) is 0. The van der Waals surface area contributed by atoms with Crippen LogP contribution in [0.2, 0.25) is 5.02 Å². The highest BCUT2D eigenvalue weighted by molar-refractivity contribution is 6.33. The lowest BCUT2D eigenvalue weighted by molar-refractivity contribution is 0.0600. The van der Waals surface area contributed by atoms with E-state index in [1.54, 1.807) is 12.1 Å². The van der Waals surface area contributed by atoms with Gasteiger partial charge in [-0.3, -0.25) is 0 Å². The molecule has 0 saturated heterocycles. The minimum Gasteiger partial charge on any atom is -0.476 e. The lowest BCUT2D eigenvalue weighted by atomic mass is 10.0. The van der Waals surface area contributed by atoms with Crippen LogP contribution in [-0.2, 0) is 4.74 Å². The summed E-state index contributed by atoms with van der Waals surface area (Å²) in [5.41, 5.74) is 0.916. The van der Waals surface area contributed by atoms with Gasteiger partial charge >= 0.3 is 11.9 Å². The molecule has 2 aromatic rings. The molecule has 0 aliphatic rings. The van der Waals surface area contributed by atoms with Crippen LogP contribution in [-0.4, -0.2) is 29.1 Å². The molecule has 0 unspecified atom stereocenters. The minimum absolute atomic E-state index is 0.128. The standard InChI is InChI=1S/C14H10ClNO4/c1-20-14(19)8-4-5-11(15)10(7-8)9-3-2-6-16-12(9)13(17)18/h2-7H,1H3,(H,17,18). The van der Waals surface area contributed by atoms with Crippen molar-refractivity contribution < 1.29 is 19.4 Å². The molecule has 0 bridgehead atoms. The first kappa shape index (κ1) is 14.0. The monoisotopic (exact) mass is 291 g/mol. The number of benzene rings is 1. The van der Waals surface area contributed by atoms with Gasteiger partial charge in [0.2, 0.25) is 0 Å². The predicted octanol–water partition coefficient (Wildman–Crippen LogP) is 2.89. The van der Waals surface area contributed by atoms with E-state index in [1.165, 1.54) is 31.5 Å². The smallest absolute Gasteiger partial charge is 0.355 e. The lowest BCUT2D eigenvalue weighted by Crippen LogP contribution is -2.04. The fourth-order valence-electron chi connectivity index (χ4n) is 1.77. The van der Waals surface area contributed by atoms with E-state index in [0.717, 1.165) is 0 Å². The van der Waals surface area contributed by atoms with Gasteiger partial charge in [0, 0.05) is 22.3 Å². The van der Waals surface area contributed by atoms with E-state index >= 15 is 0 Å². The molecule has 1 N–H and O–H groups in total. The highest BCUT2D eigenvalue weighted by Crippen LogP contribution is 2.30. The Bertz CT molecular complexity index is 685. The van der Waals surface area contributed by atoms with Crippen molar-refractivity contribution in [3.8, 4) is 11.1 Å². The molecule has 0 aliphatic heterocycles. The molecule has 1 aromatic carbocycles. The summed E-state index contributed by atoms with van der Waals surface area (Å²) in [4.78, 5) is 26.5. The van der Waals surface area contributed by atoms with Crippen LogP contribution in [0.3, 0.4) is 0 Å². The molecule has 0 saturated carbocycles. The number of rotatable bonds is 3. The number of ether oxygens (including phenoxy) is 1. The maximum Gasteiger partial charge on any atom is 0.355 e. The van der Waals surface area contributed by atoms with Gasteiger partial charge in [-0.15, -0.1) is 0 Å². The van der Waals surface area contributed by atoms with Crippen LogP contribution >= 0.6 is 11.6 Å². The zero-order chi connectivity index (χ0) is 14.7. The number of carboxylic acids is 1. The second-order valence-electron chi connectivity index (χ2n) is 3.89. The summed E-state index contributed by atoms with van der Waals surface area (Å²) in [5, 5.41) is 9.47. The number of halogens is 1. The molecule has 0 atom stereocenters. The summed E-state index contributed by atoms with van der Waals surface area (Å²) in [7, 11) is 1.27. The van der Waals surface area contributed by atoms with Crippen molar-refractivity contribution in [2.24, 2.45) is 0 Å². The fraction of sp³-hybridized carbons (Fsp3) is 0.0714. The van der Waals surface area contributed by atoms with Crippen molar-refractivity contribution in [2.45, 2.75) is 0 Å². The number of aromatic carboxylic acids is 1. The number of aromatic nitrogens is 1. The van der Waals surface area contributed by atoms with Crippen LogP contribution in [0, 0.1) is 0 Å². The normalized spacial score (nSPS) is 10.1. The van der Waals surface area contributed by atoms with Crippen LogP contribution < -0.4 is 0 Å². The van der Waals surface area contributed by atoms with Crippen molar-refractivity contribution in [2.75, 3.05) is 7.11 Å². The quantitative estimate of drug-likeness (QED) is 0.880. The third-order valence-electron chi connectivity index (χ3n) is 2.69. The first-order valence-electron chi connectivity index (χ1n) is 5.61. The molecule has 0 aliphatic carbocycles. The molecular formula is C14H10ClNO4. The average molecular weight is 292 g/mol. The average Bonchev–Trinajstić information content (AvgIpc) is 2.47. The number of esters is 1. The van der Waals surface area contributed by atoms with Gasteiger partial charge in [0.15, 0.2) is 5.69 Å². The maximum atomic E-state index is 11.5. The number of hydrogen-bond donors (Lipinski definition) is 1. The van der Waals surface area contributed by atoms with E-state index in [1.807, 2.05) is 0 Å². The number of carbonyl (C=O) groups excluding carboxylic acids is 1. The molecular weight excluding hydrogens is 282 g/mol. The Labute approximate surface area is 119 Å². The van der Waals surface area contributed by atoms with Crippen molar-refractivity contribution in [1.29, 1.82) is 0 Å². The summed E-state index contributed by atoms with van der Waals surface area (Å²) in [5.74, 6) is -1.69. The summed E-state index contributed by atoms with van der Waals surface area (Å²) < 4.78 is 4.63. The Morgan fingerprint density at radius 3 is 2.65 bits per heavy atom. The SMILES string of the molecule is COC(=O)c1ccc(Cl)c(-c2cccnc2C(=O)O)c1. The number of methoxy groups -OCH3 is 1. The molecule has 6 heteroatoms. The highest BCUT2D eigenvalue weighted by atomic mass is 35.5. The van der Waals surface area contributed by atoms with Crippen molar-refractivity contribution in [1.82, 2.24) is 4.98 Å². The maximum absolute atomic E-state index is 11.5. The van der Waals surface area contributed by atoms with E-state index in [2.05, 4.69) is 9.72 Å². The Hall–Kier alpha value is -2.40. The zero-order valence-electron chi connectivity index (χ0n) is 10.5. The van der Waals surface area contributed by atoms with Gasteiger partial charge in [-0.05, 0) is 24.3 Å². The van der Waals surface area contributed by atoms with Gasteiger partial charge in [0.1, 0.15) is 0 Å². The Morgan fingerprint density at radius 2 is 2.00 bits per heavy atom. The van der Waals surface area contributed by atoms with Crippen LogP contribution in [0.15, 0.2) is 36.5 Å². The number of carbonyl (C=O) groups is 2. The number of pyridine rings is 1. The molecule has 0 radical (unpaired) electrons. The van der Waals surface area contributed by atoms with Gasteiger partial charge < -0.3 is 9.84 Å². The zero-order valence-corrected chi connectivity index (χ0v) is 11.2. The van der Waals surface area contributed by atoms with E-state index in [9.17, 15) is 9.59 Å². The van der Waals surface area contributed by atoms with E-state index in [-0.39, 0.29) is 11.3 Å². The van der Waals surface area contributed by atoms with E-state index in [0.29, 0.717) is 16.1 Å². The predicted molar refractivity (Wildman–Crippen MR) is 73.0 cm³/mol. The second kappa shape index (κ2) is 5.71. The third kappa shape index (κ3) is 2.62. The minimum atomic E-state index is -1.17. The molecule has 20 heavy (non-hydrogen) atoms. The third-order valence-corrected chi connectivity index (χ3v) is 3.02. The molecule has 2 rings (SSSR count). The van der Waals surface area contributed by atoms with Crippen LogP contribution in [0.1, 0.15) is 20.8 Å². The number of carboxylic acid groups (broad SMARTS) is 1. The lowest BCUT2D eigenvalue weighted by Gasteiger charge is -2.09. The molecule has 0 spiro atoms. The van der Waals surface area contributed by atoms with E-state index < -0.39 is 11.9 Å². The number of hydrogen-bond acceptors (Lipinski definition) is 4. The molecule has 0 amide bonds. The van der Waals surface area contributed by atoms with Crippen molar-refractivity contribution >= 4 is 23.5 Å². The summed E-state index contributed by atoms with van der Waals surface area (Å²) in [6, 6.07) is 7.69. The first-order valence-corrected chi connectivity index (χ1v) is 5.99. The summed E-state index contributed by atoms with van der Waals surface area (Å²) in [6.07, 6.45) is 1.38. The van der Waals surface area contributed by atoms with Crippen molar-refractivity contribution in [3.63, 3.8) is 0 Å². The highest BCUT2D eigenvalue weighted by Gasteiger charge is 2.17. The van der Waals surface area contributed by atoms with Gasteiger partial charge in [-0.25, -0.2) is 14.6 Å². The van der Waals surface area contributed by atoms with Gasteiger partial charge in [-0.2, -0.15) is 0 Å². The molecule has 1 aromatic heterocycles. The Morgan fingerprint density at radius 1 is 1.25 bits per heavy atom.